The summed E-state index contributed by atoms with van der Waals surface area (Å²) < 4.78 is 12.5. The molecule has 0 aliphatic rings. The van der Waals surface area contributed by atoms with Crippen molar-refractivity contribution in [2.45, 2.75) is 33.8 Å². The molecule has 9 heteroatoms. The first-order valence-corrected chi connectivity index (χ1v) is 9.88. The van der Waals surface area contributed by atoms with E-state index < -0.39 is 17.9 Å². The van der Waals surface area contributed by atoms with Crippen LogP contribution in [-0.4, -0.2) is 39.5 Å². The molecule has 162 valence electrons. The van der Waals surface area contributed by atoms with Crippen LogP contribution in [0.1, 0.15) is 35.6 Å². The van der Waals surface area contributed by atoms with Gasteiger partial charge in [0.05, 0.1) is 18.0 Å². The molecule has 0 saturated heterocycles. The van der Waals surface area contributed by atoms with Gasteiger partial charge >= 0.3 is 0 Å². The number of aromatic nitrogens is 3. The summed E-state index contributed by atoms with van der Waals surface area (Å²) in [6.45, 7) is 7.75. The number of aryl methyl sites for hydroxylation is 1. The minimum atomic E-state index is -0.831. The van der Waals surface area contributed by atoms with Crippen LogP contribution in [0.5, 0.6) is 11.5 Å². The van der Waals surface area contributed by atoms with Crippen molar-refractivity contribution in [3.05, 3.63) is 65.5 Å². The van der Waals surface area contributed by atoms with Crippen molar-refractivity contribution in [2.24, 2.45) is 0 Å². The molecule has 1 aromatic heterocycles. The van der Waals surface area contributed by atoms with E-state index in [1.807, 2.05) is 38.1 Å². The van der Waals surface area contributed by atoms with Gasteiger partial charge in [0.15, 0.2) is 11.8 Å². The number of nitrogens with zero attached hydrogens (tertiary/aromatic N) is 3. The van der Waals surface area contributed by atoms with E-state index in [0.29, 0.717) is 23.8 Å². The summed E-state index contributed by atoms with van der Waals surface area (Å²) in [5, 5.41) is 7.99. The Labute approximate surface area is 180 Å². The maximum atomic E-state index is 12.5. The molecule has 0 radical (unpaired) electrons. The summed E-state index contributed by atoms with van der Waals surface area (Å²) in [6, 6.07) is 14.6. The van der Waals surface area contributed by atoms with Gasteiger partial charge in [-0.25, -0.2) is 4.68 Å². The standard InChI is InChI=1S/C22H25N5O4/c1-5-30-18-9-11-19(12-10-18)31-16(4)21(28)24-25-22(29)20-15(3)27(26-23-20)17-8-6-7-14(2)13-17/h6-13,16H,5H2,1-4H3,(H,24,28)(H,25,29). The molecule has 0 spiro atoms. The lowest BCUT2D eigenvalue weighted by molar-refractivity contribution is -0.128. The van der Waals surface area contributed by atoms with Crippen molar-refractivity contribution in [2.75, 3.05) is 6.61 Å². The Kier molecular flexibility index (Phi) is 6.86. The predicted octanol–water partition coefficient (Wildman–Crippen LogP) is 2.51. The van der Waals surface area contributed by atoms with Gasteiger partial charge in [0.1, 0.15) is 11.5 Å². The molecule has 3 rings (SSSR count). The second-order valence-electron chi connectivity index (χ2n) is 6.88. The first-order valence-electron chi connectivity index (χ1n) is 9.88. The SMILES string of the molecule is CCOc1ccc(OC(C)C(=O)NNC(=O)c2nnn(-c3cccc(C)c3)c2C)cc1. The molecule has 1 unspecified atom stereocenters. The topological polar surface area (TPSA) is 107 Å². The Morgan fingerprint density at radius 2 is 1.77 bits per heavy atom. The number of hydrogen-bond donors (Lipinski definition) is 2. The van der Waals surface area contributed by atoms with E-state index in [9.17, 15) is 9.59 Å². The third-order valence-corrected chi connectivity index (χ3v) is 4.47. The van der Waals surface area contributed by atoms with Gasteiger partial charge in [0.2, 0.25) is 0 Å². The highest BCUT2D eigenvalue weighted by Crippen LogP contribution is 2.18. The molecule has 2 N–H and O–H groups in total. The van der Waals surface area contributed by atoms with Crippen LogP contribution in [0.2, 0.25) is 0 Å². The third-order valence-electron chi connectivity index (χ3n) is 4.47. The van der Waals surface area contributed by atoms with Crippen LogP contribution in [0.25, 0.3) is 5.69 Å². The van der Waals surface area contributed by atoms with E-state index in [4.69, 9.17) is 9.47 Å². The number of nitrogens with one attached hydrogen (secondary N) is 2. The van der Waals surface area contributed by atoms with Crippen molar-refractivity contribution < 1.29 is 19.1 Å². The highest BCUT2D eigenvalue weighted by Gasteiger charge is 2.20. The van der Waals surface area contributed by atoms with Crippen LogP contribution in [0.15, 0.2) is 48.5 Å². The van der Waals surface area contributed by atoms with E-state index in [1.54, 1.807) is 42.8 Å². The molecule has 0 fully saturated rings. The number of rotatable bonds is 7. The molecule has 2 aromatic carbocycles. The summed E-state index contributed by atoms with van der Waals surface area (Å²) in [7, 11) is 0. The molecular weight excluding hydrogens is 398 g/mol. The lowest BCUT2D eigenvalue weighted by Gasteiger charge is -2.15. The van der Waals surface area contributed by atoms with E-state index in [2.05, 4.69) is 21.2 Å². The van der Waals surface area contributed by atoms with Crippen LogP contribution >= 0.6 is 0 Å². The van der Waals surface area contributed by atoms with Crippen LogP contribution in [0.4, 0.5) is 0 Å². The fraction of sp³-hybridized carbons (Fsp3) is 0.273. The Balaban J connectivity index is 1.57. The zero-order valence-corrected chi connectivity index (χ0v) is 17.9. The quantitative estimate of drug-likeness (QED) is 0.566. The molecule has 3 aromatic rings. The molecule has 1 atom stereocenters. The van der Waals surface area contributed by atoms with Gasteiger partial charge in [-0.05, 0) is 69.7 Å². The van der Waals surface area contributed by atoms with Crippen molar-refractivity contribution in [1.82, 2.24) is 25.8 Å². The predicted molar refractivity (Wildman–Crippen MR) is 114 cm³/mol. The number of ether oxygens (including phenoxy) is 2. The zero-order chi connectivity index (χ0) is 22.4. The van der Waals surface area contributed by atoms with Crippen LogP contribution in [0.3, 0.4) is 0 Å². The number of amides is 2. The van der Waals surface area contributed by atoms with Gasteiger partial charge in [-0.3, -0.25) is 20.4 Å². The molecule has 0 bridgehead atoms. The van der Waals surface area contributed by atoms with Gasteiger partial charge in [-0.1, -0.05) is 17.3 Å². The number of hydrogen-bond acceptors (Lipinski definition) is 6. The maximum absolute atomic E-state index is 12.5. The van der Waals surface area contributed by atoms with E-state index >= 15 is 0 Å². The summed E-state index contributed by atoms with van der Waals surface area (Å²) in [5.41, 5.74) is 7.23. The van der Waals surface area contributed by atoms with Gasteiger partial charge in [-0.2, -0.15) is 0 Å². The molecule has 0 aliphatic heterocycles. The summed E-state index contributed by atoms with van der Waals surface area (Å²) in [4.78, 5) is 24.8. The van der Waals surface area contributed by atoms with Gasteiger partial charge in [0.25, 0.3) is 11.8 Å². The molecule has 2 amide bonds. The van der Waals surface area contributed by atoms with Gasteiger partial charge < -0.3 is 9.47 Å². The van der Waals surface area contributed by atoms with Crippen molar-refractivity contribution in [3.8, 4) is 17.2 Å². The first kappa shape index (κ1) is 21.8. The fourth-order valence-corrected chi connectivity index (χ4v) is 2.86. The van der Waals surface area contributed by atoms with Gasteiger partial charge in [0, 0.05) is 0 Å². The molecule has 9 nitrogen and oxygen atoms in total. The summed E-state index contributed by atoms with van der Waals surface area (Å²) in [6.07, 6.45) is -0.831. The number of hydrazine groups is 1. The maximum Gasteiger partial charge on any atom is 0.292 e. The summed E-state index contributed by atoms with van der Waals surface area (Å²) >= 11 is 0. The Bertz CT molecular complexity index is 1060. The zero-order valence-electron chi connectivity index (χ0n) is 17.9. The second kappa shape index (κ2) is 9.75. The van der Waals surface area contributed by atoms with Crippen LogP contribution in [-0.2, 0) is 4.79 Å². The average molecular weight is 423 g/mol. The lowest BCUT2D eigenvalue weighted by atomic mass is 10.2. The molecule has 1 heterocycles. The van der Waals surface area contributed by atoms with Crippen molar-refractivity contribution >= 4 is 11.8 Å². The molecular formula is C22H25N5O4. The molecule has 31 heavy (non-hydrogen) atoms. The fourth-order valence-electron chi connectivity index (χ4n) is 2.86. The number of carbonyl (C=O) groups excluding carboxylic acids is 2. The first-order chi connectivity index (χ1) is 14.9. The Hall–Kier alpha value is -3.88. The molecule has 0 aliphatic carbocycles. The monoisotopic (exact) mass is 423 g/mol. The number of carbonyl (C=O) groups is 2. The normalized spacial score (nSPS) is 11.5. The Morgan fingerprint density at radius 1 is 1.06 bits per heavy atom. The highest BCUT2D eigenvalue weighted by molar-refractivity contribution is 5.95. The average Bonchev–Trinajstić information content (AvgIpc) is 3.14. The highest BCUT2D eigenvalue weighted by atomic mass is 16.5. The van der Waals surface area contributed by atoms with Gasteiger partial charge in [-0.15, -0.1) is 5.10 Å². The van der Waals surface area contributed by atoms with Crippen LogP contribution < -0.4 is 20.3 Å². The van der Waals surface area contributed by atoms with Crippen molar-refractivity contribution in [3.63, 3.8) is 0 Å². The summed E-state index contributed by atoms with van der Waals surface area (Å²) in [5.74, 6) is 0.145. The van der Waals surface area contributed by atoms with E-state index in [-0.39, 0.29) is 5.69 Å². The molecule has 0 saturated carbocycles. The largest absolute Gasteiger partial charge is 0.494 e. The van der Waals surface area contributed by atoms with Crippen molar-refractivity contribution in [1.29, 1.82) is 0 Å². The van der Waals surface area contributed by atoms with E-state index in [1.165, 1.54) is 0 Å². The van der Waals surface area contributed by atoms with Crippen LogP contribution in [0, 0.1) is 13.8 Å². The minimum absolute atomic E-state index is 0.113. The number of benzene rings is 2. The minimum Gasteiger partial charge on any atom is -0.494 e. The van der Waals surface area contributed by atoms with E-state index in [0.717, 1.165) is 11.3 Å². The third kappa shape index (κ3) is 5.39. The smallest absolute Gasteiger partial charge is 0.292 e. The lowest BCUT2D eigenvalue weighted by Crippen LogP contribution is -2.47. The Morgan fingerprint density at radius 3 is 2.45 bits per heavy atom. The second-order valence-corrected chi connectivity index (χ2v) is 6.88.